The monoisotopic (exact) mass is 358 g/mol. The van der Waals surface area contributed by atoms with E-state index in [0.717, 1.165) is 25.7 Å². The molecule has 2 N–H and O–H groups in total. The molecular formula is C22H30O4. The maximum atomic E-state index is 11.8. The summed E-state index contributed by atoms with van der Waals surface area (Å²) in [6.07, 6.45) is 9.60. The van der Waals surface area contributed by atoms with Gasteiger partial charge in [0.15, 0.2) is 5.78 Å². The molecule has 4 nitrogen and oxygen atoms in total. The molecule has 0 aliphatic heterocycles. The van der Waals surface area contributed by atoms with Crippen LogP contribution in [-0.2, 0) is 9.59 Å². The van der Waals surface area contributed by atoms with Crippen LogP contribution in [0.2, 0.25) is 0 Å². The van der Waals surface area contributed by atoms with E-state index in [-0.39, 0.29) is 34.4 Å². The van der Waals surface area contributed by atoms with E-state index < -0.39 is 12.1 Å². The van der Waals surface area contributed by atoms with Gasteiger partial charge in [0, 0.05) is 11.3 Å². The zero-order valence-electron chi connectivity index (χ0n) is 15.9. The number of aliphatic hydroxyl groups is 1. The van der Waals surface area contributed by atoms with Crippen molar-refractivity contribution >= 4 is 11.8 Å². The van der Waals surface area contributed by atoms with Crippen molar-refractivity contribution in [1.82, 2.24) is 0 Å². The number of carboxylic acid groups (broad SMARTS) is 1. The van der Waals surface area contributed by atoms with Crippen molar-refractivity contribution in [1.29, 1.82) is 0 Å². The Balaban J connectivity index is 1.70. The van der Waals surface area contributed by atoms with Gasteiger partial charge in [0.05, 0.1) is 12.0 Å². The van der Waals surface area contributed by atoms with Gasteiger partial charge in [-0.1, -0.05) is 32.4 Å². The molecule has 0 spiro atoms. The van der Waals surface area contributed by atoms with Gasteiger partial charge in [0.25, 0.3) is 0 Å². The highest BCUT2D eigenvalue weighted by Crippen LogP contribution is 2.66. The van der Waals surface area contributed by atoms with E-state index >= 15 is 0 Å². The highest BCUT2D eigenvalue weighted by molar-refractivity contribution is 6.01. The first-order valence-corrected chi connectivity index (χ1v) is 10.0. The van der Waals surface area contributed by atoms with E-state index in [2.05, 4.69) is 13.8 Å². The third kappa shape index (κ3) is 2.30. The molecule has 142 valence electrons. The lowest BCUT2D eigenvalue weighted by Crippen LogP contribution is -2.56. The van der Waals surface area contributed by atoms with Crippen molar-refractivity contribution in [3.63, 3.8) is 0 Å². The van der Waals surface area contributed by atoms with Crippen molar-refractivity contribution in [3.05, 3.63) is 23.8 Å². The number of carboxylic acids is 1. The zero-order chi connectivity index (χ0) is 18.9. The number of allylic oxidation sites excluding steroid dienone is 4. The summed E-state index contributed by atoms with van der Waals surface area (Å²) in [4.78, 5) is 23.5. The van der Waals surface area contributed by atoms with Gasteiger partial charge in [-0.15, -0.1) is 0 Å². The van der Waals surface area contributed by atoms with E-state index in [1.807, 2.05) is 13.0 Å². The molecule has 1 unspecified atom stereocenters. The van der Waals surface area contributed by atoms with E-state index in [9.17, 15) is 19.8 Å². The number of carbonyl (C=O) groups is 2. The summed E-state index contributed by atoms with van der Waals surface area (Å²) in [6.45, 7) is 6.23. The number of fused-ring (bicyclic) bond motifs is 5. The molecule has 8 atom stereocenters. The largest absolute Gasteiger partial charge is 0.481 e. The SMILES string of the molecule is CC(C(=O)O)[C@H]1CC[C@H]2[C@@H]3CCC4=CC(=O)C=C[C@]4(C)[C@H]3[C@@H](O)C[C@]12C. The van der Waals surface area contributed by atoms with Gasteiger partial charge in [0.1, 0.15) is 0 Å². The van der Waals surface area contributed by atoms with Crippen LogP contribution in [0.15, 0.2) is 23.8 Å². The summed E-state index contributed by atoms with van der Waals surface area (Å²) in [7, 11) is 0. The minimum absolute atomic E-state index is 0.0577. The lowest BCUT2D eigenvalue weighted by molar-refractivity contribution is -0.150. The number of hydrogen-bond donors (Lipinski definition) is 2. The first-order valence-electron chi connectivity index (χ1n) is 10.0. The number of hydrogen-bond acceptors (Lipinski definition) is 3. The lowest BCUT2D eigenvalue weighted by atomic mass is 9.46. The van der Waals surface area contributed by atoms with Gasteiger partial charge in [-0.2, -0.15) is 0 Å². The number of aliphatic carboxylic acids is 1. The Labute approximate surface area is 155 Å². The molecule has 0 aromatic rings. The van der Waals surface area contributed by atoms with Crippen LogP contribution in [0.4, 0.5) is 0 Å². The second-order valence-corrected chi connectivity index (χ2v) is 9.61. The Morgan fingerprint density at radius 2 is 2.00 bits per heavy atom. The quantitative estimate of drug-likeness (QED) is 0.791. The number of rotatable bonds is 2. The summed E-state index contributed by atoms with van der Waals surface area (Å²) in [5.41, 5.74) is 0.820. The van der Waals surface area contributed by atoms with Crippen LogP contribution in [0.5, 0.6) is 0 Å². The zero-order valence-corrected chi connectivity index (χ0v) is 15.9. The second-order valence-electron chi connectivity index (χ2n) is 9.61. The predicted molar refractivity (Wildman–Crippen MR) is 98.3 cm³/mol. The number of ketones is 1. The molecule has 4 aliphatic carbocycles. The van der Waals surface area contributed by atoms with Crippen molar-refractivity contribution in [2.45, 2.75) is 59.0 Å². The Kier molecular flexibility index (Phi) is 4.00. The lowest BCUT2D eigenvalue weighted by Gasteiger charge is -2.59. The molecule has 4 aliphatic rings. The molecule has 0 heterocycles. The Morgan fingerprint density at radius 3 is 2.69 bits per heavy atom. The topological polar surface area (TPSA) is 74.6 Å². The predicted octanol–water partition coefficient (Wildman–Crippen LogP) is 3.60. The molecule has 4 rings (SSSR count). The number of carbonyl (C=O) groups excluding carboxylic acids is 1. The first kappa shape index (κ1) is 18.0. The number of aliphatic hydroxyl groups excluding tert-OH is 1. The van der Waals surface area contributed by atoms with Gasteiger partial charge < -0.3 is 10.2 Å². The molecule has 3 saturated carbocycles. The van der Waals surface area contributed by atoms with Crippen LogP contribution >= 0.6 is 0 Å². The van der Waals surface area contributed by atoms with Crippen molar-refractivity contribution in [2.24, 2.45) is 40.4 Å². The summed E-state index contributed by atoms with van der Waals surface area (Å²) in [6, 6.07) is 0. The molecule has 0 radical (unpaired) electrons. The van der Waals surface area contributed by atoms with Crippen molar-refractivity contribution in [3.8, 4) is 0 Å². The highest BCUT2D eigenvalue weighted by Gasteiger charge is 2.62. The summed E-state index contributed by atoms with van der Waals surface area (Å²) < 4.78 is 0. The first-order chi connectivity index (χ1) is 12.2. The molecule has 0 bridgehead atoms. The van der Waals surface area contributed by atoms with E-state index in [0.29, 0.717) is 18.3 Å². The van der Waals surface area contributed by atoms with Gasteiger partial charge in [0.2, 0.25) is 0 Å². The third-order valence-corrected chi connectivity index (χ3v) is 8.56. The normalized spacial score (nSPS) is 48.2. The maximum absolute atomic E-state index is 11.8. The maximum Gasteiger partial charge on any atom is 0.306 e. The average Bonchev–Trinajstić information content (AvgIpc) is 2.90. The van der Waals surface area contributed by atoms with Crippen molar-refractivity contribution in [2.75, 3.05) is 0 Å². The minimum Gasteiger partial charge on any atom is -0.481 e. The van der Waals surface area contributed by atoms with Crippen LogP contribution in [0, 0.1) is 40.4 Å². The molecule has 0 aromatic heterocycles. The summed E-state index contributed by atoms with van der Waals surface area (Å²) >= 11 is 0. The van der Waals surface area contributed by atoms with E-state index in [4.69, 9.17) is 0 Å². The van der Waals surface area contributed by atoms with E-state index in [1.54, 1.807) is 12.2 Å². The standard InChI is InChI=1S/C22H30O4/c1-12(20(25)26)16-6-7-17-15-5-4-13-10-14(23)8-9-21(13,2)19(15)18(24)11-22(16,17)3/h8-10,12,15-19,24H,4-7,11H2,1-3H3,(H,25,26)/t12?,15-,16+,17-,18-,19+,21-,22+/m0/s1. The smallest absolute Gasteiger partial charge is 0.306 e. The van der Waals surface area contributed by atoms with Crippen LogP contribution in [0.1, 0.15) is 52.9 Å². The van der Waals surface area contributed by atoms with Gasteiger partial charge >= 0.3 is 5.97 Å². The van der Waals surface area contributed by atoms with E-state index in [1.165, 1.54) is 5.57 Å². The second kappa shape index (κ2) is 5.79. The van der Waals surface area contributed by atoms with Crippen LogP contribution in [-0.4, -0.2) is 28.1 Å². The van der Waals surface area contributed by atoms with Gasteiger partial charge in [-0.25, -0.2) is 0 Å². The van der Waals surface area contributed by atoms with Gasteiger partial charge in [-0.05, 0) is 67.4 Å². The fourth-order valence-corrected chi connectivity index (χ4v) is 7.36. The summed E-state index contributed by atoms with van der Waals surface area (Å²) in [5, 5.41) is 20.8. The molecule has 26 heavy (non-hydrogen) atoms. The Hall–Kier alpha value is -1.42. The minimum atomic E-state index is -0.719. The van der Waals surface area contributed by atoms with Crippen LogP contribution in [0.3, 0.4) is 0 Å². The molecular weight excluding hydrogens is 328 g/mol. The molecule has 0 amide bonds. The fraction of sp³-hybridized carbons (Fsp3) is 0.727. The Bertz CT molecular complexity index is 707. The van der Waals surface area contributed by atoms with Gasteiger partial charge in [-0.3, -0.25) is 9.59 Å². The molecule has 0 aromatic carbocycles. The fourth-order valence-electron chi connectivity index (χ4n) is 7.36. The highest BCUT2D eigenvalue weighted by atomic mass is 16.4. The van der Waals surface area contributed by atoms with Crippen LogP contribution < -0.4 is 0 Å². The molecule has 4 heteroatoms. The average molecular weight is 358 g/mol. The molecule has 3 fully saturated rings. The van der Waals surface area contributed by atoms with Crippen molar-refractivity contribution < 1.29 is 19.8 Å². The summed E-state index contributed by atoms with van der Waals surface area (Å²) in [5.74, 6) is 0.0976. The Morgan fingerprint density at radius 1 is 1.27 bits per heavy atom. The molecule has 0 saturated heterocycles. The third-order valence-electron chi connectivity index (χ3n) is 8.56. The van der Waals surface area contributed by atoms with Crippen LogP contribution in [0.25, 0.3) is 0 Å².